The summed E-state index contributed by atoms with van der Waals surface area (Å²) in [5, 5.41) is 0. The van der Waals surface area contributed by atoms with Gasteiger partial charge in [0.25, 0.3) is 0 Å². The number of hydrogen-bond donors (Lipinski definition) is 1. The normalized spacial score (nSPS) is 25.7. The molecular weight excluding hydrogens is 217 g/mol. The molecule has 0 bridgehead atoms. The van der Waals surface area contributed by atoms with E-state index < -0.39 is 12.1 Å². The highest BCUT2D eigenvalue weighted by atomic mass is 19.4. The lowest BCUT2D eigenvalue weighted by atomic mass is 9.96. The van der Waals surface area contributed by atoms with E-state index in [4.69, 9.17) is 5.73 Å². The number of likely N-dealkylation sites (tertiary alicyclic amines) is 1. The highest BCUT2D eigenvalue weighted by Crippen LogP contribution is 2.33. The van der Waals surface area contributed by atoms with Crippen LogP contribution < -0.4 is 5.73 Å². The third kappa shape index (κ3) is 3.94. The van der Waals surface area contributed by atoms with E-state index in [1.165, 1.54) is 0 Å². The van der Waals surface area contributed by atoms with Crippen molar-refractivity contribution >= 4 is 0 Å². The Balaban J connectivity index is 2.44. The maximum Gasteiger partial charge on any atom is 0.393 e. The molecule has 1 heterocycles. The second kappa shape index (κ2) is 5.87. The molecule has 0 aromatic carbocycles. The average Bonchev–Trinajstić information content (AvgIpc) is 2.25. The Morgan fingerprint density at radius 3 is 2.62 bits per heavy atom. The van der Waals surface area contributed by atoms with E-state index in [1.807, 2.05) is 11.8 Å². The van der Waals surface area contributed by atoms with Crippen molar-refractivity contribution in [1.82, 2.24) is 4.90 Å². The van der Waals surface area contributed by atoms with E-state index in [1.54, 1.807) is 0 Å². The molecule has 16 heavy (non-hydrogen) atoms. The van der Waals surface area contributed by atoms with Gasteiger partial charge in [0.2, 0.25) is 0 Å². The topological polar surface area (TPSA) is 29.3 Å². The van der Waals surface area contributed by atoms with Gasteiger partial charge in [0.1, 0.15) is 0 Å². The Labute approximate surface area is 95.0 Å². The van der Waals surface area contributed by atoms with Crippen LogP contribution in [-0.2, 0) is 0 Å². The molecule has 2 nitrogen and oxygen atoms in total. The van der Waals surface area contributed by atoms with Gasteiger partial charge in [-0.1, -0.05) is 13.3 Å². The van der Waals surface area contributed by atoms with Gasteiger partial charge in [-0.2, -0.15) is 13.2 Å². The molecule has 2 unspecified atom stereocenters. The van der Waals surface area contributed by atoms with Crippen LogP contribution in [0.1, 0.15) is 26.2 Å². The molecule has 0 aromatic rings. The Kier molecular flexibility index (Phi) is 5.05. The number of piperidine rings is 1. The molecule has 1 aliphatic heterocycles. The van der Waals surface area contributed by atoms with Crippen molar-refractivity contribution in [3.8, 4) is 0 Å². The summed E-state index contributed by atoms with van der Waals surface area (Å²) >= 11 is 0. The van der Waals surface area contributed by atoms with E-state index in [9.17, 15) is 13.2 Å². The summed E-state index contributed by atoms with van der Waals surface area (Å²) < 4.78 is 37.7. The van der Waals surface area contributed by atoms with Crippen LogP contribution in [0.4, 0.5) is 13.2 Å². The van der Waals surface area contributed by atoms with Gasteiger partial charge in [-0.05, 0) is 31.8 Å². The molecule has 0 spiro atoms. The van der Waals surface area contributed by atoms with Crippen LogP contribution in [0.2, 0.25) is 0 Å². The van der Waals surface area contributed by atoms with Crippen molar-refractivity contribution in [2.24, 2.45) is 17.6 Å². The third-order valence-electron chi connectivity index (χ3n) is 3.40. The Hall–Kier alpha value is -0.290. The quantitative estimate of drug-likeness (QED) is 0.814. The zero-order chi connectivity index (χ0) is 12.2. The maximum absolute atomic E-state index is 12.6. The predicted octanol–water partition coefficient (Wildman–Crippen LogP) is 2.25. The largest absolute Gasteiger partial charge is 0.393 e. The Morgan fingerprint density at radius 2 is 2.12 bits per heavy atom. The molecule has 0 aliphatic carbocycles. The summed E-state index contributed by atoms with van der Waals surface area (Å²) in [4.78, 5) is 1.92. The molecule has 2 atom stereocenters. The SMILES string of the molecule is CCC(CN)CN1CCCC(C(F)(F)F)C1. The molecule has 96 valence electrons. The summed E-state index contributed by atoms with van der Waals surface area (Å²) in [5.41, 5.74) is 5.57. The van der Waals surface area contributed by atoms with E-state index >= 15 is 0 Å². The molecule has 1 fully saturated rings. The van der Waals surface area contributed by atoms with E-state index in [0.29, 0.717) is 25.4 Å². The lowest BCUT2D eigenvalue weighted by Gasteiger charge is -2.35. The Bertz CT molecular complexity index is 202. The zero-order valence-electron chi connectivity index (χ0n) is 9.76. The number of hydrogen-bond acceptors (Lipinski definition) is 2. The van der Waals surface area contributed by atoms with Gasteiger partial charge < -0.3 is 10.6 Å². The van der Waals surface area contributed by atoms with Crippen LogP contribution in [0, 0.1) is 11.8 Å². The van der Waals surface area contributed by atoms with Gasteiger partial charge in [-0.25, -0.2) is 0 Å². The van der Waals surface area contributed by atoms with E-state index in [-0.39, 0.29) is 13.0 Å². The van der Waals surface area contributed by atoms with Crippen LogP contribution in [0.3, 0.4) is 0 Å². The van der Waals surface area contributed by atoms with Crippen LogP contribution in [0.15, 0.2) is 0 Å². The first kappa shape index (κ1) is 13.8. The van der Waals surface area contributed by atoms with Gasteiger partial charge >= 0.3 is 6.18 Å². The lowest BCUT2D eigenvalue weighted by molar-refractivity contribution is -0.187. The standard InChI is InChI=1S/C11H21F3N2/c1-2-9(6-15)7-16-5-3-4-10(8-16)11(12,13)14/h9-10H,2-8,15H2,1H3. The second-order valence-electron chi connectivity index (χ2n) is 4.65. The van der Waals surface area contributed by atoms with Crippen LogP contribution in [-0.4, -0.2) is 37.3 Å². The van der Waals surface area contributed by atoms with Crippen molar-refractivity contribution in [1.29, 1.82) is 0 Å². The summed E-state index contributed by atoms with van der Waals surface area (Å²) in [5.74, 6) is -0.816. The van der Waals surface area contributed by atoms with E-state index in [0.717, 1.165) is 13.0 Å². The fraction of sp³-hybridized carbons (Fsp3) is 1.00. The van der Waals surface area contributed by atoms with Crippen LogP contribution in [0.5, 0.6) is 0 Å². The van der Waals surface area contributed by atoms with Crippen molar-refractivity contribution in [3.05, 3.63) is 0 Å². The molecule has 0 saturated carbocycles. The van der Waals surface area contributed by atoms with Crippen molar-refractivity contribution in [2.75, 3.05) is 26.2 Å². The highest BCUT2D eigenvalue weighted by Gasteiger charge is 2.41. The van der Waals surface area contributed by atoms with Crippen LogP contribution >= 0.6 is 0 Å². The average molecular weight is 238 g/mol. The fourth-order valence-corrected chi connectivity index (χ4v) is 2.22. The fourth-order valence-electron chi connectivity index (χ4n) is 2.22. The first-order chi connectivity index (χ1) is 7.47. The number of alkyl halides is 3. The van der Waals surface area contributed by atoms with E-state index in [2.05, 4.69) is 0 Å². The monoisotopic (exact) mass is 238 g/mol. The third-order valence-corrected chi connectivity index (χ3v) is 3.40. The summed E-state index contributed by atoms with van der Waals surface area (Å²) in [6.07, 6.45) is -2.18. The zero-order valence-corrected chi connectivity index (χ0v) is 9.76. The minimum absolute atomic E-state index is 0.153. The molecule has 0 amide bonds. The van der Waals surface area contributed by atoms with Gasteiger partial charge in [0.05, 0.1) is 5.92 Å². The number of halogens is 3. The molecule has 0 aromatic heterocycles. The van der Waals surface area contributed by atoms with Crippen molar-refractivity contribution < 1.29 is 13.2 Å². The lowest BCUT2D eigenvalue weighted by Crippen LogP contribution is -2.44. The molecule has 1 aliphatic rings. The summed E-state index contributed by atoms with van der Waals surface area (Å²) in [7, 11) is 0. The van der Waals surface area contributed by atoms with Gasteiger partial charge in [-0.3, -0.25) is 0 Å². The molecule has 1 rings (SSSR count). The summed E-state index contributed by atoms with van der Waals surface area (Å²) in [6, 6.07) is 0. The summed E-state index contributed by atoms with van der Waals surface area (Å²) in [6.45, 7) is 4.23. The molecule has 2 N–H and O–H groups in total. The first-order valence-corrected chi connectivity index (χ1v) is 5.96. The van der Waals surface area contributed by atoms with Crippen LogP contribution in [0.25, 0.3) is 0 Å². The highest BCUT2D eigenvalue weighted by molar-refractivity contribution is 4.79. The minimum Gasteiger partial charge on any atom is -0.330 e. The molecule has 1 saturated heterocycles. The molecule has 5 heteroatoms. The number of nitrogens with two attached hydrogens (primary N) is 1. The number of rotatable bonds is 4. The first-order valence-electron chi connectivity index (χ1n) is 5.96. The predicted molar refractivity (Wildman–Crippen MR) is 58.1 cm³/mol. The molecule has 0 radical (unpaired) electrons. The van der Waals surface area contributed by atoms with Crippen molar-refractivity contribution in [2.45, 2.75) is 32.4 Å². The van der Waals surface area contributed by atoms with Gasteiger partial charge in [0.15, 0.2) is 0 Å². The van der Waals surface area contributed by atoms with Crippen molar-refractivity contribution in [3.63, 3.8) is 0 Å². The number of nitrogens with zero attached hydrogens (tertiary/aromatic N) is 1. The maximum atomic E-state index is 12.6. The minimum atomic E-state index is -4.04. The van der Waals surface area contributed by atoms with Gasteiger partial charge in [0, 0.05) is 13.1 Å². The smallest absolute Gasteiger partial charge is 0.330 e. The molecular formula is C11H21F3N2. The second-order valence-corrected chi connectivity index (χ2v) is 4.65. The van der Waals surface area contributed by atoms with Gasteiger partial charge in [-0.15, -0.1) is 0 Å². The Morgan fingerprint density at radius 1 is 1.44 bits per heavy atom.